The molecule has 4 rings (SSSR count). The quantitative estimate of drug-likeness (QED) is 0.598. The van der Waals surface area contributed by atoms with E-state index in [1.807, 2.05) is 31.3 Å². The van der Waals surface area contributed by atoms with Crippen molar-refractivity contribution in [3.63, 3.8) is 0 Å². The molecule has 0 aliphatic heterocycles. The zero-order valence-corrected chi connectivity index (χ0v) is 14.4. The third-order valence-corrected chi connectivity index (χ3v) is 4.37. The molecule has 0 saturated heterocycles. The van der Waals surface area contributed by atoms with Crippen molar-refractivity contribution in [3.05, 3.63) is 54.1 Å². The summed E-state index contributed by atoms with van der Waals surface area (Å²) in [6.07, 6.45) is 1.62. The fraction of sp³-hybridized carbons (Fsp3) is 0.211. The Bertz CT molecular complexity index is 1090. The van der Waals surface area contributed by atoms with Crippen molar-refractivity contribution in [2.75, 3.05) is 5.32 Å². The smallest absolute Gasteiger partial charge is 0.255 e. The average molecular weight is 333 g/mol. The van der Waals surface area contributed by atoms with Gasteiger partial charge in [-0.15, -0.1) is 0 Å². The van der Waals surface area contributed by atoms with Gasteiger partial charge in [0.15, 0.2) is 0 Å². The van der Waals surface area contributed by atoms with Crippen LogP contribution in [0.1, 0.15) is 35.9 Å². The number of aromatic amines is 1. The zero-order valence-electron chi connectivity index (χ0n) is 14.4. The van der Waals surface area contributed by atoms with Gasteiger partial charge in [0.05, 0.1) is 28.4 Å². The number of hydrogen-bond donors (Lipinski definition) is 2. The summed E-state index contributed by atoms with van der Waals surface area (Å²) < 4.78 is 2.10. The van der Waals surface area contributed by atoms with Gasteiger partial charge in [0.25, 0.3) is 5.91 Å². The Morgan fingerprint density at radius 3 is 2.80 bits per heavy atom. The molecular weight excluding hydrogens is 314 g/mol. The summed E-state index contributed by atoms with van der Waals surface area (Å²) in [5.41, 5.74) is 4.94. The number of aryl methyl sites for hydroxylation is 1. The predicted molar refractivity (Wildman–Crippen MR) is 98.8 cm³/mol. The number of nitrogens with zero attached hydrogens (tertiary/aromatic N) is 3. The number of carbonyl (C=O) groups excluding carboxylic acids is 1. The largest absolute Gasteiger partial charge is 0.345 e. The maximum absolute atomic E-state index is 12.5. The summed E-state index contributed by atoms with van der Waals surface area (Å²) in [5, 5.41) is 2.94. The molecule has 2 N–H and O–H groups in total. The van der Waals surface area contributed by atoms with Crippen molar-refractivity contribution in [2.45, 2.75) is 19.8 Å². The van der Waals surface area contributed by atoms with Gasteiger partial charge < -0.3 is 14.9 Å². The van der Waals surface area contributed by atoms with Gasteiger partial charge >= 0.3 is 0 Å². The van der Waals surface area contributed by atoms with Crippen molar-refractivity contribution >= 4 is 33.7 Å². The number of nitrogens with one attached hydrogen (secondary N) is 2. The highest BCUT2D eigenvalue weighted by Gasteiger charge is 2.13. The predicted octanol–water partition coefficient (Wildman–Crippen LogP) is 3.83. The van der Waals surface area contributed by atoms with Gasteiger partial charge in [0.1, 0.15) is 5.82 Å². The SMILES string of the molecule is CC(C)c1nc2cc(NC(=O)c3ccc4nc[nH]c4c3)ccc2n1C. The second-order valence-electron chi connectivity index (χ2n) is 6.48. The van der Waals surface area contributed by atoms with Crippen LogP contribution in [0.25, 0.3) is 22.1 Å². The van der Waals surface area contributed by atoms with E-state index in [4.69, 9.17) is 0 Å². The highest BCUT2D eigenvalue weighted by molar-refractivity contribution is 6.06. The molecule has 0 aliphatic rings. The van der Waals surface area contributed by atoms with E-state index < -0.39 is 0 Å². The first-order valence-electron chi connectivity index (χ1n) is 8.24. The highest BCUT2D eigenvalue weighted by Crippen LogP contribution is 2.24. The molecule has 0 aliphatic carbocycles. The number of carbonyl (C=O) groups is 1. The number of H-pyrrole nitrogens is 1. The Kier molecular flexibility index (Phi) is 3.53. The van der Waals surface area contributed by atoms with Crippen LogP contribution in [0.5, 0.6) is 0 Å². The Hall–Kier alpha value is -3.15. The van der Waals surface area contributed by atoms with E-state index in [2.05, 4.69) is 38.7 Å². The van der Waals surface area contributed by atoms with Gasteiger partial charge in [-0.1, -0.05) is 13.8 Å². The Balaban J connectivity index is 1.64. The second-order valence-corrected chi connectivity index (χ2v) is 6.48. The van der Waals surface area contributed by atoms with Crippen molar-refractivity contribution in [2.24, 2.45) is 7.05 Å². The molecule has 1 amide bonds. The van der Waals surface area contributed by atoms with E-state index in [0.717, 1.165) is 33.6 Å². The molecule has 2 aromatic carbocycles. The lowest BCUT2D eigenvalue weighted by molar-refractivity contribution is 0.102. The molecule has 0 radical (unpaired) electrons. The molecule has 0 spiro atoms. The van der Waals surface area contributed by atoms with Crippen LogP contribution in [0.15, 0.2) is 42.7 Å². The molecule has 0 fully saturated rings. The van der Waals surface area contributed by atoms with Crippen molar-refractivity contribution < 1.29 is 4.79 Å². The van der Waals surface area contributed by atoms with Crippen molar-refractivity contribution in [1.82, 2.24) is 19.5 Å². The number of amides is 1. The lowest BCUT2D eigenvalue weighted by Gasteiger charge is -2.06. The van der Waals surface area contributed by atoms with Crippen LogP contribution in [0.3, 0.4) is 0 Å². The van der Waals surface area contributed by atoms with E-state index in [1.165, 1.54) is 0 Å². The third kappa shape index (κ3) is 2.65. The topological polar surface area (TPSA) is 75.6 Å². The summed E-state index contributed by atoms with van der Waals surface area (Å²) in [7, 11) is 2.02. The number of imidazole rings is 2. The van der Waals surface area contributed by atoms with Gasteiger partial charge in [0.2, 0.25) is 0 Å². The molecule has 0 saturated carbocycles. The summed E-state index contributed by atoms with van der Waals surface area (Å²) in [4.78, 5) is 24.4. The molecule has 2 heterocycles. The van der Waals surface area contributed by atoms with Gasteiger partial charge in [-0.2, -0.15) is 0 Å². The maximum atomic E-state index is 12.5. The number of hydrogen-bond acceptors (Lipinski definition) is 3. The summed E-state index contributed by atoms with van der Waals surface area (Å²) in [5.74, 6) is 1.22. The Labute approximate surface area is 144 Å². The lowest BCUT2D eigenvalue weighted by atomic mass is 10.2. The monoisotopic (exact) mass is 333 g/mol. The molecule has 2 aromatic heterocycles. The van der Waals surface area contributed by atoms with Crippen LogP contribution in [0.2, 0.25) is 0 Å². The van der Waals surface area contributed by atoms with Crippen LogP contribution in [0, 0.1) is 0 Å². The van der Waals surface area contributed by atoms with Crippen LogP contribution in [-0.2, 0) is 7.05 Å². The number of aromatic nitrogens is 4. The number of fused-ring (bicyclic) bond motifs is 2. The Morgan fingerprint density at radius 1 is 1.16 bits per heavy atom. The number of benzene rings is 2. The molecule has 6 nitrogen and oxygen atoms in total. The van der Waals surface area contributed by atoms with E-state index >= 15 is 0 Å². The second kappa shape index (κ2) is 5.73. The molecule has 126 valence electrons. The van der Waals surface area contributed by atoms with Crippen LogP contribution < -0.4 is 5.32 Å². The van der Waals surface area contributed by atoms with Crippen molar-refractivity contribution in [3.8, 4) is 0 Å². The van der Waals surface area contributed by atoms with Crippen LogP contribution in [-0.4, -0.2) is 25.4 Å². The van der Waals surface area contributed by atoms with Gasteiger partial charge in [0, 0.05) is 24.2 Å². The normalized spacial score (nSPS) is 11.5. The lowest BCUT2D eigenvalue weighted by Crippen LogP contribution is -2.11. The summed E-state index contributed by atoms with van der Waals surface area (Å²) in [6.45, 7) is 4.24. The first-order chi connectivity index (χ1) is 12.0. The third-order valence-electron chi connectivity index (χ3n) is 4.37. The van der Waals surface area contributed by atoms with E-state index in [9.17, 15) is 4.79 Å². The summed E-state index contributed by atoms with van der Waals surface area (Å²) >= 11 is 0. The molecule has 6 heteroatoms. The summed E-state index contributed by atoms with van der Waals surface area (Å²) in [6, 6.07) is 11.2. The molecular formula is C19H19N5O. The minimum absolute atomic E-state index is 0.157. The molecule has 0 atom stereocenters. The van der Waals surface area contributed by atoms with Crippen molar-refractivity contribution in [1.29, 1.82) is 0 Å². The highest BCUT2D eigenvalue weighted by atomic mass is 16.1. The standard InChI is InChI=1S/C19H19N5O/c1-11(2)18-23-16-9-13(5-7-17(16)24(18)3)22-19(25)12-4-6-14-15(8-12)21-10-20-14/h4-11H,1-3H3,(H,20,21)(H,22,25). The van der Waals surface area contributed by atoms with Crippen LogP contribution >= 0.6 is 0 Å². The minimum atomic E-state index is -0.157. The van der Waals surface area contributed by atoms with Gasteiger partial charge in [-0.3, -0.25) is 4.79 Å². The minimum Gasteiger partial charge on any atom is -0.345 e. The molecule has 0 bridgehead atoms. The number of anilines is 1. The fourth-order valence-electron chi connectivity index (χ4n) is 3.09. The molecule has 25 heavy (non-hydrogen) atoms. The van der Waals surface area contributed by atoms with Gasteiger partial charge in [-0.05, 0) is 36.4 Å². The average Bonchev–Trinajstić information content (AvgIpc) is 3.18. The van der Waals surface area contributed by atoms with E-state index in [0.29, 0.717) is 11.5 Å². The van der Waals surface area contributed by atoms with E-state index in [-0.39, 0.29) is 5.91 Å². The Morgan fingerprint density at radius 2 is 2.00 bits per heavy atom. The van der Waals surface area contributed by atoms with E-state index in [1.54, 1.807) is 18.5 Å². The maximum Gasteiger partial charge on any atom is 0.255 e. The molecule has 0 unspecified atom stereocenters. The van der Waals surface area contributed by atoms with Gasteiger partial charge in [-0.25, -0.2) is 9.97 Å². The first-order valence-corrected chi connectivity index (χ1v) is 8.24. The zero-order chi connectivity index (χ0) is 17.6. The first kappa shape index (κ1) is 15.4. The molecule has 4 aromatic rings. The van der Waals surface area contributed by atoms with Crippen LogP contribution in [0.4, 0.5) is 5.69 Å². The fourth-order valence-corrected chi connectivity index (χ4v) is 3.09. The number of rotatable bonds is 3.